The number of fused-ring (bicyclic) bond motifs is 7. The lowest BCUT2D eigenvalue weighted by Gasteiger charge is -2.19. The first-order chi connectivity index (χ1) is 26.3. The molecule has 53 heavy (non-hydrogen) atoms. The normalized spacial score (nSPS) is 11.8. The number of rotatable bonds is 4. The third-order valence-electron chi connectivity index (χ3n) is 11.0. The van der Waals surface area contributed by atoms with E-state index in [2.05, 4.69) is 188 Å². The summed E-state index contributed by atoms with van der Waals surface area (Å²) in [6, 6.07) is 70.6. The molecule has 1 nitrogen and oxygen atoms in total. The first kappa shape index (κ1) is 29.7. The fourth-order valence-corrected chi connectivity index (χ4v) is 8.61. The van der Waals surface area contributed by atoms with Crippen molar-refractivity contribution in [1.29, 1.82) is 0 Å². The lowest BCUT2D eigenvalue weighted by Crippen LogP contribution is -1.92. The third-order valence-corrected chi connectivity index (χ3v) is 11.0. The average Bonchev–Trinajstić information content (AvgIpc) is 3.59. The molecule has 11 aromatic rings. The summed E-state index contributed by atoms with van der Waals surface area (Å²) < 4.78 is 6.66. The second-order valence-corrected chi connectivity index (χ2v) is 14.0. The van der Waals surface area contributed by atoms with Gasteiger partial charge in [-0.25, -0.2) is 0 Å². The van der Waals surface area contributed by atoms with Gasteiger partial charge in [0.15, 0.2) is 0 Å². The zero-order valence-electron chi connectivity index (χ0n) is 28.9. The summed E-state index contributed by atoms with van der Waals surface area (Å²) in [6.45, 7) is 0. The average molecular weight is 673 g/mol. The SMILES string of the molecule is c1cc(-c2ccc3ccccc3c2)cc(-c2c3ccccc3c(-c3cccc(-c4c5ccccc5cc5c4oc4ccccc45)c3)c3ccccc23)c1. The number of benzene rings is 10. The molecule has 0 saturated carbocycles. The molecule has 1 heterocycles. The molecule has 0 bridgehead atoms. The molecular weight excluding hydrogens is 641 g/mol. The smallest absolute Gasteiger partial charge is 0.143 e. The summed E-state index contributed by atoms with van der Waals surface area (Å²) >= 11 is 0. The van der Waals surface area contributed by atoms with E-state index in [9.17, 15) is 0 Å². The maximum Gasteiger partial charge on any atom is 0.143 e. The molecule has 0 N–H and O–H groups in total. The van der Waals surface area contributed by atoms with Crippen molar-refractivity contribution in [3.8, 4) is 44.5 Å². The highest BCUT2D eigenvalue weighted by Gasteiger charge is 2.20. The van der Waals surface area contributed by atoms with Crippen LogP contribution in [-0.4, -0.2) is 0 Å². The maximum atomic E-state index is 6.66. The van der Waals surface area contributed by atoms with Gasteiger partial charge in [-0.2, -0.15) is 0 Å². The predicted octanol–water partition coefficient (Wildman–Crippen LogP) is 14.9. The van der Waals surface area contributed by atoms with E-state index in [0.29, 0.717) is 0 Å². The highest BCUT2D eigenvalue weighted by Crippen LogP contribution is 2.46. The molecule has 0 atom stereocenters. The van der Waals surface area contributed by atoms with Crippen molar-refractivity contribution in [2.24, 2.45) is 0 Å². The van der Waals surface area contributed by atoms with Gasteiger partial charge in [0.05, 0.1) is 0 Å². The van der Waals surface area contributed by atoms with E-state index in [1.807, 2.05) is 6.07 Å². The minimum Gasteiger partial charge on any atom is -0.455 e. The predicted molar refractivity (Wildman–Crippen MR) is 225 cm³/mol. The Kier molecular flexibility index (Phi) is 6.62. The van der Waals surface area contributed by atoms with Crippen LogP contribution in [0.2, 0.25) is 0 Å². The lowest BCUT2D eigenvalue weighted by atomic mass is 9.84. The first-order valence-electron chi connectivity index (χ1n) is 18.3. The minimum absolute atomic E-state index is 0.910. The molecule has 0 aliphatic carbocycles. The molecule has 0 fully saturated rings. The molecular formula is C52H32O. The molecule has 0 spiro atoms. The number of para-hydroxylation sites is 1. The molecule has 0 unspecified atom stereocenters. The van der Waals surface area contributed by atoms with Crippen molar-refractivity contribution < 1.29 is 4.42 Å². The summed E-state index contributed by atoms with van der Waals surface area (Å²) in [7, 11) is 0. The highest BCUT2D eigenvalue weighted by atomic mass is 16.3. The van der Waals surface area contributed by atoms with Gasteiger partial charge in [-0.3, -0.25) is 0 Å². The lowest BCUT2D eigenvalue weighted by molar-refractivity contribution is 0.670. The standard InChI is InChI=1S/C52H32O/c1-2-14-34-29-36(28-27-33(34)13-1)35-16-11-17-38(30-35)49-43-22-5-7-24-45(43)50(46-25-8-6-23-44(46)49)39-18-12-19-40(31-39)51-41-20-4-3-15-37(41)32-47-42-21-9-10-26-48(42)53-52(47)51/h1-32H. The Balaban J connectivity index is 1.14. The first-order valence-corrected chi connectivity index (χ1v) is 18.3. The fraction of sp³-hybridized carbons (Fsp3) is 0. The summed E-state index contributed by atoms with van der Waals surface area (Å²) in [4.78, 5) is 0. The second-order valence-electron chi connectivity index (χ2n) is 14.0. The minimum atomic E-state index is 0.910. The van der Waals surface area contributed by atoms with Crippen LogP contribution in [0.15, 0.2) is 199 Å². The van der Waals surface area contributed by atoms with Gasteiger partial charge in [-0.1, -0.05) is 164 Å². The zero-order chi connectivity index (χ0) is 34.9. The Labute approximate surface area is 307 Å². The largest absolute Gasteiger partial charge is 0.455 e. The summed E-state index contributed by atoms with van der Waals surface area (Å²) in [5.74, 6) is 0. The fourth-order valence-electron chi connectivity index (χ4n) is 8.61. The summed E-state index contributed by atoms with van der Waals surface area (Å²) in [5.41, 5.74) is 11.5. The third kappa shape index (κ3) is 4.71. The van der Waals surface area contributed by atoms with E-state index < -0.39 is 0 Å². The van der Waals surface area contributed by atoms with Crippen molar-refractivity contribution in [2.75, 3.05) is 0 Å². The van der Waals surface area contributed by atoms with Crippen LogP contribution in [0, 0.1) is 0 Å². The van der Waals surface area contributed by atoms with Crippen LogP contribution in [0.3, 0.4) is 0 Å². The van der Waals surface area contributed by atoms with Crippen molar-refractivity contribution in [2.45, 2.75) is 0 Å². The van der Waals surface area contributed by atoms with E-state index in [-0.39, 0.29) is 0 Å². The van der Waals surface area contributed by atoms with Crippen molar-refractivity contribution in [3.63, 3.8) is 0 Å². The van der Waals surface area contributed by atoms with Crippen LogP contribution in [0.5, 0.6) is 0 Å². The van der Waals surface area contributed by atoms with Crippen LogP contribution < -0.4 is 0 Å². The van der Waals surface area contributed by atoms with Crippen molar-refractivity contribution in [3.05, 3.63) is 194 Å². The van der Waals surface area contributed by atoms with Gasteiger partial charge < -0.3 is 4.42 Å². The van der Waals surface area contributed by atoms with Gasteiger partial charge in [0, 0.05) is 16.3 Å². The second kappa shape index (κ2) is 11.8. The van der Waals surface area contributed by atoms with Crippen LogP contribution in [0.1, 0.15) is 0 Å². The Morgan fingerprint density at radius 1 is 0.245 bits per heavy atom. The monoisotopic (exact) mass is 672 g/mol. The molecule has 0 aliphatic heterocycles. The number of hydrogen-bond donors (Lipinski definition) is 0. The Morgan fingerprint density at radius 2 is 0.717 bits per heavy atom. The molecule has 246 valence electrons. The van der Waals surface area contributed by atoms with Gasteiger partial charge in [-0.05, 0) is 112 Å². The van der Waals surface area contributed by atoms with Gasteiger partial charge >= 0.3 is 0 Å². The molecule has 0 amide bonds. The molecule has 1 heteroatoms. The highest BCUT2D eigenvalue weighted by molar-refractivity contribution is 6.22. The quantitative estimate of drug-likeness (QED) is 0.170. The molecule has 0 radical (unpaired) electrons. The van der Waals surface area contributed by atoms with Crippen LogP contribution in [-0.2, 0) is 0 Å². The number of hydrogen-bond acceptors (Lipinski definition) is 1. The van der Waals surface area contributed by atoms with E-state index in [4.69, 9.17) is 4.42 Å². The molecule has 11 rings (SSSR count). The summed E-state index contributed by atoms with van der Waals surface area (Å²) in [5, 5.41) is 12.1. The van der Waals surface area contributed by atoms with Crippen molar-refractivity contribution >= 4 is 65.0 Å². The molecule has 0 aliphatic rings. The molecule has 1 aromatic heterocycles. The Morgan fingerprint density at radius 3 is 1.38 bits per heavy atom. The Hall–Kier alpha value is -6.96. The number of furan rings is 1. The van der Waals surface area contributed by atoms with Gasteiger partial charge in [0.1, 0.15) is 11.2 Å². The van der Waals surface area contributed by atoms with Gasteiger partial charge in [0.25, 0.3) is 0 Å². The molecule has 0 saturated heterocycles. The zero-order valence-corrected chi connectivity index (χ0v) is 28.9. The maximum absolute atomic E-state index is 6.66. The van der Waals surface area contributed by atoms with Gasteiger partial charge in [-0.15, -0.1) is 0 Å². The topological polar surface area (TPSA) is 13.1 Å². The molecule has 10 aromatic carbocycles. The van der Waals surface area contributed by atoms with Crippen molar-refractivity contribution in [1.82, 2.24) is 0 Å². The van der Waals surface area contributed by atoms with E-state index in [0.717, 1.165) is 33.1 Å². The van der Waals surface area contributed by atoms with E-state index in [1.165, 1.54) is 76.5 Å². The van der Waals surface area contributed by atoms with Crippen LogP contribution >= 0.6 is 0 Å². The Bertz CT molecular complexity index is 3180. The van der Waals surface area contributed by atoms with E-state index >= 15 is 0 Å². The van der Waals surface area contributed by atoms with Gasteiger partial charge in [0.2, 0.25) is 0 Å². The van der Waals surface area contributed by atoms with E-state index in [1.54, 1.807) is 0 Å². The van der Waals surface area contributed by atoms with Crippen LogP contribution in [0.25, 0.3) is 110 Å². The summed E-state index contributed by atoms with van der Waals surface area (Å²) in [6.07, 6.45) is 0. The van der Waals surface area contributed by atoms with Crippen LogP contribution in [0.4, 0.5) is 0 Å².